The lowest BCUT2D eigenvalue weighted by atomic mass is 9.63. The van der Waals surface area contributed by atoms with Gasteiger partial charge in [0, 0.05) is 0 Å². The van der Waals surface area contributed by atoms with Crippen LogP contribution in [0.1, 0.15) is 47.0 Å². The van der Waals surface area contributed by atoms with Gasteiger partial charge in [0.25, 0.3) is 0 Å². The molecule has 0 bridgehead atoms. The lowest BCUT2D eigenvalue weighted by molar-refractivity contribution is 0.0847. The van der Waals surface area contributed by atoms with E-state index >= 15 is 0 Å². The predicted molar refractivity (Wildman–Crippen MR) is 56.4 cm³/mol. The second-order valence-corrected chi connectivity index (χ2v) is 6.30. The fourth-order valence-corrected chi connectivity index (χ4v) is 3.97. The minimum atomic E-state index is 0.521. The summed E-state index contributed by atoms with van der Waals surface area (Å²) in [7, 11) is 0. The summed E-state index contributed by atoms with van der Waals surface area (Å²) in [6.45, 7) is 10.5. The largest absolute Gasteiger partial charge is 0.330 e. The van der Waals surface area contributed by atoms with Gasteiger partial charge in [0.15, 0.2) is 0 Å². The third-order valence-electron chi connectivity index (χ3n) is 5.39. The van der Waals surface area contributed by atoms with Crippen LogP contribution in [0.4, 0.5) is 0 Å². The highest BCUT2D eigenvalue weighted by Gasteiger charge is 2.72. The Morgan fingerprint density at radius 3 is 1.62 bits per heavy atom. The molecule has 76 valence electrons. The average molecular weight is 181 g/mol. The Bertz CT molecular complexity index is 204. The Morgan fingerprint density at radius 1 is 1.08 bits per heavy atom. The Labute approximate surface area is 82.1 Å². The molecule has 0 radical (unpaired) electrons. The second kappa shape index (κ2) is 2.31. The molecular weight excluding hydrogens is 158 g/mol. The van der Waals surface area contributed by atoms with E-state index < -0.39 is 0 Å². The lowest BCUT2D eigenvalue weighted by Gasteiger charge is -2.43. The van der Waals surface area contributed by atoms with Crippen LogP contribution in [0, 0.1) is 22.2 Å². The molecule has 2 fully saturated rings. The minimum absolute atomic E-state index is 0.521. The first-order chi connectivity index (χ1) is 5.88. The number of hydrogen-bond donors (Lipinski definition) is 1. The summed E-state index contributed by atoms with van der Waals surface area (Å²) in [5.74, 6) is 0.867. The standard InChI is InChI=1S/C12H23N/c1-10(2)9(11(10,3)4)12(8-13)6-5-7-12/h9H,5-8,13H2,1-4H3. The summed E-state index contributed by atoms with van der Waals surface area (Å²) in [6, 6.07) is 0. The third-order valence-corrected chi connectivity index (χ3v) is 5.39. The van der Waals surface area contributed by atoms with Crippen LogP contribution in [-0.2, 0) is 0 Å². The van der Waals surface area contributed by atoms with Gasteiger partial charge >= 0.3 is 0 Å². The van der Waals surface area contributed by atoms with Crippen molar-refractivity contribution in [3.63, 3.8) is 0 Å². The van der Waals surface area contributed by atoms with Gasteiger partial charge in [-0.3, -0.25) is 0 Å². The summed E-state index contributed by atoms with van der Waals surface area (Å²) >= 11 is 0. The second-order valence-electron chi connectivity index (χ2n) is 6.30. The Hall–Kier alpha value is -0.0400. The molecule has 2 N–H and O–H groups in total. The van der Waals surface area contributed by atoms with E-state index in [4.69, 9.17) is 5.73 Å². The van der Waals surface area contributed by atoms with Crippen LogP contribution in [0.5, 0.6) is 0 Å². The SMILES string of the molecule is CC1(C)C(C2(CN)CCC2)C1(C)C. The molecule has 0 aromatic carbocycles. The molecule has 2 aliphatic rings. The molecule has 0 aromatic rings. The van der Waals surface area contributed by atoms with Crippen LogP contribution in [0.15, 0.2) is 0 Å². The Balaban J connectivity index is 2.20. The minimum Gasteiger partial charge on any atom is -0.330 e. The van der Waals surface area contributed by atoms with Crippen molar-refractivity contribution in [2.45, 2.75) is 47.0 Å². The van der Waals surface area contributed by atoms with Gasteiger partial charge < -0.3 is 5.73 Å². The maximum Gasteiger partial charge on any atom is -0.00175 e. The van der Waals surface area contributed by atoms with Gasteiger partial charge in [-0.05, 0) is 41.5 Å². The van der Waals surface area contributed by atoms with Crippen molar-refractivity contribution < 1.29 is 0 Å². The van der Waals surface area contributed by atoms with E-state index in [0.717, 1.165) is 12.5 Å². The summed E-state index contributed by atoms with van der Waals surface area (Å²) in [6.07, 6.45) is 4.15. The van der Waals surface area contributed by atoms with Gasteiger partial charge in [0.1, 0.15) is 0 Å². The third kappa shape index (κ3) is 0.918. The quantitative estimate of drug-likeness (QED) is 0.696. The Morgan fingerprint density at radius 2 is 1.54 bits per heavy atom. The first-order valence-electron chi connectivity index (χ1n) is 5.58. The highest BCUT2D eigenvalue weighted by atomic mass is 14.8. The number of rotatable bonds is 2. The molecule has 1 nitrogen and oxygen atoms in total. The summed E-state index contributed by atoms with van der Waals surface area (Å²) in [5.41, 5.74) is 7.51. The first kappa shape index (κ1) is 9.51. The van der Waals surface area contributed by atoms with Gasteiger partial charge in [-0.25, -0.2) is 0 Å². The summed E-state index contributed by atoms with van der Waals surface area (Å²) in [4.78, 5) is 0. The van der Waals surface area contributed by atoms with E-state index in [1.54, 1.807) is 0 Å². The number of nitrogens with two attached hydrogens (primary N) is 1. The van der Waals surface area contributed by atoms with Crippen molar-refractivity contribution in [2.24, 2.45) is 27.9 Å². The zero-order valence-electron chi connectivity index (χ0n) is 9.48. The average Bonchev–Trinajstić information content (AvgIpc) is 2.31. The molecule has 0 amide bonds. The molecule has 0 unspecified atom stereocenters. The molecule has 13 heavy (non-hydrogen) atoms. The molecule has 0 aliphatic heterocycles. The van der Waals surface area contributed by atoms with Crippen LogP contribution >= 0.6 is 0 Å². The van der Waals surface area contributed by atoms with Crippen molar-refractivity contribution in [1.82, 2.24) is 0 Å². The highest BCUT2D eigenvalue weighted by Crippen LogP contribution is 2.77. The van der Waals surface area contributed by atoms with E-state index in [0.29, 0.717) is 16.2 Å². The normalized spacial score (nSPS) is 33.9. The first-order valence-corrected chi connectivity index (χ1v) is 5.58. The van der Waals surface area contributed by atoms with Gasteiger partial charge in [-0.1, -0.05) is 34.1 Å². The monoisotopic (exact) mass is 181 g/mol. The van der Waals surface area contributed by atoms with Gasteiger partial charge in [0.2, 0.25) is 0 Å². The zero-order valence-corrected chi connectivity index (χ0v) is 9.48. The van der Waals surface area contributed by atoms with E-state index in [1.807, 2.05) is 0 Å². The smallest absolute Gasteiger partial charge is 0.00175 e. The van der Waals surface area contributed by atoms with Crippen molar-refractivity contribution in [3.05, 3.63) is 0 Å². The molecule has 1 heteroatoms. The topological polar surface area (TPSA) is 26.0 Å². The Kier molecular flexibility index (Phi) is 1.69. The molecule has 2 saturated carbocycles. The van der Waals surface area contributed by atoms with Crippen LogP contribution in [0.2, 0.25) is 0 Å². The molecule has 0 aromatic heterocycles. The fraction of sp³-hybridized carbons (Fsp3) is 1.00. The molecule has 0 atom stereocenters. The van der Waals surface area contributed by atoms with E-state index in [2.05, 4.69) is 27.7 Å². The molecule has 2 aliphatic carbocycles. The highest BCUT2D eigenvalue weighted by molar-refractivity contribution is 5.20. The summed E-state index contributed by atoms with van der Waals surface area (Å²) < 4.78 is 0. The van der Waals surface area contributed by atoms with Crippen molar-refractivity contribution in [2.75, 3.05) is 6.54 Å². The van der Waals surface area contributed by atoms with Crippen LogP contribution in [0.25, 0.3) is 0 Å². The van der Waals surface area contributed by atoms with Crippen LogP contribution < -0.4 is 5.73 Å². The van der Waals surface area contributed by atoms with Gasteiger partial charge in [-0.15, -0.1) is 0 Å². The molecule has 0 heterocycles. The van der Waals surface area contributed by atoms with Crippen LogP contribution in [0.3, 0.4) is 0 Å². The summed E-state index contributed by atoms with van der Waals surface area (Å²) in [5, 5.41) is 0. The number of hydrogen-bond acceptors (Lipinski definition) is 1. The predicted octanol–water partition coefficient (Wildman–Crippen LogP) is 2.80. The van der Waals surface area contributed by atoms with E-state index in [1.165, 1.54) is 19.3 Å². The van der Waals surface area contributed by atoms with Gasteiger partial charge in [-0.2, -0.15) is 0 Å². The molecular formula is C12H23N. The maximum atomic E-state index is 5.95. The van der Waals surface area contributed by atoms with E-state index in [-0.39, 0.29) is 0 Å². The van der Waals surface area contributed by atoms with Crippen molar-refractivity contribution >= 4 is 0 Å². The zero-order chi connectivity index (χ0) is 9.91. The van der Waals surface area contributed by atoms with Gasteiger partial charge in [0.05, 0.1) is 0 Å². The molecule has 2 rings (SSSR count). The van der Waals surface area contributed by atoms with Crippen LogP contribution in [-0.4, -0.2) is 6.54 Å². The van der Waals surface area contributed by atoms with Crippen molar-refractivity contribution in [1.29, 1.82) is 0 Å². The van der Waals surface area contributed by atoms with Crippen molar-refractivity contribution in [3.8, 4) is 0 Å². The molecule has 0 saturated heterocycles. The van der Waals surface area contributed by atoms with E-state index in [9.17, 15) is 0 Å². The lowest BCUT2D eigenvalue weighted by Crippen LogP contribution is -2.41. The molecule has 0 spiro atoms. The maximum absolute atomic E-state index is 5.95. The fourth-order valence-electron chi connectivity index (χ4n) is 3.97.